The van der Waals surface area contributed by atoms with E-state index >= 15 is 0 Å². The monoisotopic (exact) mass is 263 g/mol. The molecule has 0 bridgehead atoms. The van der Waals surface area contributed by atoms with Gasteiger partial charge in [-0.3, -0.25) is 4.79 Å². The molecule has 0 spiro atoms. The van der Waals surface area contributed by atoms with E-state index in [9.17, 15) is 9.18 Å². The molecule has 3 nitrogen and oxygen atoms in total. The van der Waals surface area contributed by atoms with Crippen molar-refractivity contribution in [2.24, 2.45) is 0 Å². The predicted octanol–water partition coefficient (Wildman–Crippen LogP) is 2.79. The number of morpholine rings is 1. The van der Waals surface area contributed by atoms with Gasteiger partial charge in [0.1, 0.15) is 5.82 Å². The van der Waals surface area contributed by atoms with Crippen LogP contribution in [0.3, 0.4) is 0 Å². The van der Waals surface area contributed by atoms with Gasteiger partial charge in [0.2, 0.25) is 0 Å². The zero-order chi connectivity index (χ0) is 13.2. The second-order valence-electron chi connectivity index (χ2n) is 5.28. The molecule has 2 atom stereocenters. The summed E-state index contributed by atoms with van der Waals surface area (Å²) in [5.74, 6) is -0.362. The van der Waals surface area contributed by atoms with E-state index in [0.29, 0.717) is 18.2 Å². The number of carbonyl (C=O) groups is 1. The number of halogens is 1. The van der Waals surface area contributed by atoms with Crippen LogP contribution in [0, 0.1) is 5.82 Å². The van der Waals surface area contributed by atoms with Crippen molar-refractivity contribution >= 4 is 12.0 Å². The summed E-state index contributed by atoms with van der Waals surface area (Å²) in [5.41, 5.74) is 1.28. The SMILES string of the molecule is O=Cc1cc(F)ccc1N1CCOC2CCCCC21. The van der Waals surface area contributed by atoms with Crippen LogP contribution in [0.1, 0.15) is 36.0 Å². The Hall–Kier alpha value is -1.42. The van der Waals surface area contributed by atoms with Gasteiger partial charge in [0.15, 0.2) is 6.29 Å². The normalized spacial score (nSPS) is 26.9. The molecule has 1 aliphatic heterocycles. The third-order valence-corrected chi connectivity index (χ3v) is 4.16. The smallest absolute Gasteiger partial charge is 0.152 e. The Morgan fingerprint density at radius 3 is 3.00 bits per heavy atom. The number of hydrogen-bond donors (Lipinski definition) is 0. The average molecular weight is 263 g/mol. The standard InChI is InChI=1S/C15H18FNO2/c16-12-5-6-13(11(9-12)10-18)17-7-8-19-15-4-2-1-3-14(15)17/h5-6,9-10,14-15H,1-4,7-8H2. The lowest BCUT2D eigenvalue weighted by molar-refractivity contribution is -0.00871. The van der Waals surface area contributed by atoms with Gasteiger partial charge in [0.05, 0.1) is 18.8 Å². The number of ether oxygens (including phenoxy) is 1. The van der Waals surface area contributed by atoms with Gasteiger partial charge in [-0.1, -0.05) is 12.8 Å². The minimum Gasteiger partial charge on any atom is -0.374 e. The summed E-state index contributed by atoms with van der Waals surface area (Å²) in [4.78, 5) is 13.4. The summed E-state index contributed by atoms with van der Waals surface area (Å²) >= 11 is 0. The van der Waals surface area contributed by atoms with Gasteiger partial charge in [0.25, 0.3) is 0 Å². The summed E-state index contributed by atoms with van der Waals surface area (Å²) in [6.07, 6.45) is 5.56. The fraction of sp³-hybridized carbons (Fsp3) is 0.533. The van der Waals surface area contributed by atoms with Crippen molar-refractivity contribution in [1.82, 2.24) is 0 Å². The topological polar surface area (TPSA) is 29.5 Å². The molecular formula is C15H18FNO2. The first kappa shape index (κ1) is 12.6. The molecule has 1 saturated heterocycles. The van der Waals surface area contributed by atoms with Gasteiger partial charge < -0.3 is 9.64 Å². The van der Waals surface area contributed by atoms with E-state index in [0.717, 1.165) is 31.4 Å². The maximum absolute atomic E-state index is 13.2. The van der Waals surface area contributed by atoms with Crippen molar-refractivity contribution in [1.29, 1.82) is 0 Å². The van der Waals surface area contributed by atoms with Crippen molar-refractivity contribution in [3.63, 3.8) is 0 Å². The van der Waals surface area contributed by atoms with Crippen LogP contribution in [-0.2, 0) is 4.74 Å². The predicted molar refractivity (Wildman–Crippen MR) is 71.1 cm³/mol. The van der Waals surface area contributed by atoms with E-state index in [4.69, 9.17) is 4.74 Å². The highest BCUT2D eigenvalue weighted by Crippen LogP contribution is 2.33. The van der Waals surface area contributed by atoms with Crippen LogP contribution in [0.2, 0.25) is 0 Å². The van der Waals surface area contributed by atoms with Gasteiger partial charge in [-0.25, -0.2) is 4.39 Å². The molecule has 1 saturated carbocycles. The van der Waals surface area contributed by atoms with Gasteiger partial charge >= 0.3 is 0 Å². The lowest BCUT2D eigenvalue weighted by atomic mass is 9.89. The van der Waals surface area contributed by atoms with E-state index < -0.39 is 0 Å². The summed E-state index contributed by atoms with van der Waals surface area (Å²) in [6, 6.07) is 4.79. The van der Waals surface area contributed by atoms with Gasteiger partial charge in [-0.2, -0.15) is 0 Å². The molecular weight excluding hydrogens is 245 g/mol. The van der Waals surface area contributed by atoms with Crippen molar-refractivity contribution in [2.75, 3.05) is 18.1 Å². The Labute approximate surface area is 112 Å². The molecule has 19 heavy (non-hydrogen) atoms. The van der Waals surface area contributed by atoms with Gasteiger partial charge in [-0.15, -0.1) is 0 Å². The minimum absolute atomic E-state index is 0.257. The molecule has 0 aromatic heterocycles. The maximum Gasteiger partial charge on any atom is 0.152 e. The maximum atomic E-state index is 13.2. The first-order chi connectivity index (χ1) is 9.29. The van der Waals surface area contributed by atoms with Crippen molar-refractivity contribution in [3.8, 4) is 0 Å². The fourth-order valence-corrected chi connectivity index (χ4v) is 3.28. The number of benzene rings is 1. The third-order valence-electron chi connectivity index (χ3n) is 4.16. The molecule has 4 heteroatoms. The van der Waals surface area contributed by atoms with Crippen LogP contribution in [0.25, 0.3) is 0 Å². The number of rotatable bonds is 2. The highest BCUT2D eigenvalue weighted by Gasteiger charge is 2.35. The highest BCUT2D eigenvalue weighted by atomic mass is 19.1. The van der Waals surface area contributed by atoms with Crippen LogP contribution >= 0.6 is 0 Å². The molecule has 2 fully saturated rings. The van der Waals surface area contributed by atoms with E-state index in [-0.39, 0.29) is 11.9 Å². The lowest BCUT2D eigenvalue weighted by Gasteiger charge is -2.45. The number of hydrogen-bond acceptors (Lipinski definition) is 3. The molecule has 2 aliphatic rings. The molecule has 1 aliphatic carbocycles. The Kier molecular flexibility index (Phi) is 3.51. The van der Waals surface area contributed by atoms with Crippen molar-refractivity contribution < 1.29 is 13.9 Å². The summed E-state index contributed by atoms with van der Waals surface area (Å²) in [6.45, 7) is 1.45. The van der Waals surface area contributed by atoms with Crippen LogP contribution < -0.4 is 4.90 Å². The van der Waals surface area contributed by atoms with E-state index in [1.165, 1.54) is 25.0 Å². The Bertz CT molecular complexity index is 475. The number of anilines is 1. The lowest BCUT2D eigenvalue weighted by Crippen LogP contribution is -2.53. The fourth-order valence-electron chi connectivity index (χ4n) is 3.28. The molecule has 102 valence electrons. The zero-order valence-corrected chi connectivity index (χ0v) is 10.8. The van der Waals surface area contributed by atoms with Crippen LogP contribution in [-0.4, -0.2) is 31.6 Å². The van der Waals surface area contributed by atoms with Crippen LogP contribution in [0.5, 0.6) is 0 Å². The van der Waals surface area contributed by atoms with E-state index in [1.54, 1.807) is 6.07 Å². The molecule has 0 N–H and O–H groups in total. The van der Waals surface area contributed by atoms with Gasteiger partial charge in [0, 0.05) is 17.8 Å². The highest BCUT2D eigenvalue weighted by molar-refractivity contribution is 5.84. The number of carbonyl (C=O) groups excluding carboxylic acids is 1. The first-order valence-corrected chi connectivity index (χ1v) is 6.92. The molecule has 3 rings (SSSR count). The van der Waals surface area contributed by atoms with Crippen LogP contribution in [0.15, 0.2) is 18.2 Å². The second kappa shape index (κ2) is 5.29. The average Bonchev–Trinajstić information content (AvgIpc) is 2.46. The Balaban J connectivity index is 1.93. The summed E-state index contributed by atoms with van der Waals surface area (Å²) in [7, 11) is 0. The summed E-state index contributed by atoms with van der Waals surface area (Å²) < 4.78 is 19.1. The van der Waals surface area contributed by atoms with Gasteiger partial charge in [-0.05, 0) is 31.0 Å². The molecule has 1 aromatic rings. The molecule has 1 heterocycles. The van der Waals surface area contributed by atoms with Crippen molar-refractivity contribution in [3.05, 3.63) is 29.6 Å². The molecule has 2 unspecified atom stereocenters. The Morgan fingerprint density at radius 2 is 2.16 bits per heavy atom. The molecule has 1 aromatic carbocycles. The summed E-state index contributed by atoms with van der Waals surface area (Å²) in [5, 5.41) is 0. The first-order valence-electron chi connectivity index (χ1n) is 6.92. The molecule has 0 amide bonds. The zero-order valence-electron chi connectivity index (χ0n) is 10.8. The largest absolute Gasteiger partial charge is 0.374 e. The number of fused-ring (bicyclic) bond motifs is 1. The number of aldehydes is 1. The minimum atomic E-state index is -0.362. The van der Waals surface area contributed by atoms with Crippen LogP contribution in [0.4, 0.5) is 10.1 Å². The third kappa shape index (κ3) is 2.37. The second-order valence-corrected chi connectivity index (χ2v) is 5.28. The molecule has 0 radical (unpaired) electrons. The Morgan fingerprint density at radius 1 is 1.32 bits per heavy atom. The van der Waals surface area contributed by atoms with E-state index in [2.05, 4.69) is 4.90 Å². The number of nitrogens with zero attached hydrogens (tertiary/aromatic N) is 1. The van der Waals surface area contributed by atoms with E-state index in [1.807, 2.05) is 0 Å². The van der Waals surface area contributed by atoms with Crippen molar-refractivity contribution in [2.45, 2.75) is 37.8 Å². The quantitative estimate of drug-likeness (QED) is 0.768.